The number of nitro groups is 1. The van der Waals surface area contributed by atoms with Crippen molar-refractivity contribution in [1.82, 2.24) is 0 Å². The number of nitro benzene ring substituents is 1. The van der Waals surface area contributed by atoms with Gasteiger partial charge in [-0.05, 0) is 36.2 Å². The second-order valence-corrected chi connectivity index (χ2v) is 4.71. The maximum absolute atomic E-state index is 10.6. The molecule has 0 bridgehead atoms. The van der Waals surface area contributed by atoms with Crippen molar-refractivity contribution in [3.05, 3.63) is 69.8 Å². The highest BCUT2D eigenvalue weighted by molar-refractivity contribution is 5.33. The van der Waals surface area contributed by atoms with Gasteiger partial charge in [-0.25, -0.2) is 0 Å². The molecule has 110 valence electrons. The van der Waals surface area contributed by atoms with Gasteiger partial charge in [-0.2, -0.15) is 0 Å². The maximum Gasteiger partial charge on any atom is 0.269 e. The van der Waals surface area contributed by atoms with Gasteiger partial charge in [0, 0.05) is 18.6 Å². The molecule has 2 aromatic carbocycles. The van der Waals surface area contributed by atoms with Crippen LogP contribution in [0, 0.1) is 10.1 Å². The quantitative estimate of drug-likeness (QED) is 0.627. The van der Waals surface area contributed by atoms with Crippen molar-refractivity contribution in [2.75, 3.05) is 13.2 Å². The summed E-state index contributed by atoms with van der Waals surface area (Å²) in [5.41, 5.74) is 7.81. The average molecular weight is 286 g/mol. The van der Waals surface area contributed by atoms with E-state index in [2.05, 4.69) is 0 Å². The Hall–Kier alpha value is -2.40. The Morgan fingerprint density at radius 1 is 1.05 bits per heavy atom. The molecule has 0 spiro atoms. The summed E-state index contributed by atoms with van der Waals surface area (Å²) >= 11 is 0. The molecule has 0 unspecified atom stereocenters. The first-order valence-electron chi connectivity index (χ1n) is 6.84. The van der Waals surface area contributed by atoms with E-state index in [1.54, 1.807) is 12.1 Å². The first-order chi connectivity index (χ1) is 10.2. The molecule has 0 atom stereocenters. The van der Waals surface area contributed by atoms with E-state index in [9.17, 15) is 10.1 Å². The van der Waals surface area contributed by atoms with E-state index in [0.717, 1.165) is 23.3 Å². The number of benzene rings is 2. The van der Waals surface area contributed by atoms with Crippen LogP contribution in [-0.4, -0.2) is 18.1 Å². The summed E-state index contributed by atoms with van der Waals surface area (Å²) in [6.07, 6.45) is 1.54. The first kappa shape index (κ1) is 15.0. The normalized spacial score (nSPS) is 10.3. The molecule has 21 heavy (non-hydrogen) atoms. The number of non-ortho nitro benzene ring substituents is 1. The molecular formula is C16H18N2O3. The van der Waals surface area contributed by atoms with Gasteiger partial charge in [-0.1, -0.05) is 24.3 Å². The fraction of sp³-hybridized carbons (Fsp3) is 0.250. The SMILES string of the molecule is NCCc1cccc(OCCc2ccc([N+](=O)[O-])cc2)c1. The molecule has 0 aliphatic heterocycles. The van der Waals surface area contributed by atoms with Crippen LogP contribution in [0.3, 0.4) is 0 Å². The molecule has 0 aliphatic rings. The van der Waals surface area contributed by atoms with E-state index < -0.39 is 4.92 Å². The molecule has 2 rings (SSSR count). The molecule has 0 saturated carbocycles. The minimum Gasteiger partial charge on any atom is -0.493 e. The van der Waals surface area contributed by atoms with E-state index in [0.29, 0.717) is 19.6 Å². The Labute approximate surface area is 123 Å². The fourth-order valence-corrected chi connectivity index (χ4v) is 2.03. The minimum atomic E-state index is -0.400. The topological polar surface area (TPSA) is 78.4 Å². The molecule has 0 aromatic heterocycles. The molecule has 0 amide bonds. The summed E-state index contributed by atoms with van der Waals surface area (Å²) in [4.78, 5) is 10.2. The molecule has 0 heterocycles. The van der Waals surface area contributed by atoms with E-state index in [1.165, 1.54) is 12.1 Å². The number of nitrogens with two attached hydrogens (primary N) is 1. The summed E-state index contributed by atoms with van der Waals surface area (Å²) in [6, 6.07) is 14.4. The van der Waals surface area contributed by atoms with Crippen molar-refractivity contribution in [2.24, 2.45) is 5.73 Å². The molecular weight excluding hydrogens is 268 g/mol. The molecule has 0 radical (unpaired) electrons. The van der Waals surface area contributed by atoms with Crippen molar-refractivity contribution in [2.45, 2.75) is 12.8 Å². The third-order valence-electron chi connectivity index (χ3n) is 3.14. The van der Waals surface area contributed by atoms with Crippen LogP contribution >= 0.6 is 0 Å². The predicted molar refractivity (Wildman–Crippen MR) is 81.5 cm³/mol. The van der Waals surface area contributed by atoms with E-state index >= 15 is 0 Å². The van der Waals surface area contributed by atoms with Crippen LogP contribution in [0.1, 0.15) is 11.1 Å². The van der Waals surface area contributed by atoms with Crippen LogP contribution in [0.25, 0.3) is 0 Å². The van der Waals surface area contributed by atoms with Crippen molar-refractivity contribution in [1.29, 1.82) is 0 Å². The predicted octanol–water partition coefficient (Wildman–Crippen LogP) is 2.72. The second kappa shape index (κ2) is 7.40. The highest BCUT2D eigenvalue weighted by Crippen LogP contribution is 2.15. The highest BCUT2D eigenvalue weighted by Gasteiger charge is 2.04. The van der Waals surface area contributed by atoms with Gasteiger partial charge in [0.2, 0.25) is 0 Å². The van der Waals surface area contributed by atoms with E-state index in [-0.39, 0.29) is 5.69 Å². The first-order valence-corrected chi connectivity index (χ1v) is 6.84. The summed E-state index contributed by atoms with van der Waals surface area (Å²) in [5, 5.41) is 10.6. The molecule has 5 heteroatoms. The number of ether oxygens (including phenoxy) is 1. The lowest BCUT2D eigenvalue weighted by molar-refractivity contribution is -0.384. The average Bonchev–Trinajstić information content (AvgIpc) is 2.48. The lowest BCUT2D eigenvalue weighted by atomic mass is 10.1. The van der Waals surface area contributed by atoms with Gasteiger partial charge in [0.1, 0.15) is 5.75 Å². The Morgan fingerprint density at radius 3 is 2.48 bits per heavy atom. The second-order valence-electron chi connectivity index (χ2n) is 4.71. The Balaban J connectivity index is 1.86. The zero-order valence-electron chi connectivity index (χ0n) is 11.7. The van der Waals surface area contributed by atoms with E-state index in [1.807, 2.05) is 24.3 Å². The molecule has 2 N–H and O–H groups in total. The molecule has 5 nitrogen and oxygen atoms in total. The molecule has 2 aromatic rings. The van der Waals surface area contributed by atoms with Gasteiger partial charge in [-0.15, -0.1) is 0 Å². The molecule has 0 fully saturated rings. The third-order valence-corrected chi connectivity index (χ3v) is 3.14. The third kappa shape index (κ3) is 4.57. The van der Waals surface area contributed by atoms with Gasteiger partial charge in [-0.3, -0.25) is 10.1 Å². The van der Waals surface area contributed by atoms with Crippen LogP contribution < -0.4 is 10.5 Å². The zero-order valence-corrected chi connectivity index (χ0v) is 11.7. The summed E-state index contributed by atoms with van der Waals surface area (Å²) in [6.45, 7) is 1.15. The summed E-state index contributed by atoms with van der Waals surface area (Å²) in [5.74, 6) is 0.822. The van der Waals surface area contributed by atoms with Gasteiger partial charge in [0.15, 0.2) is 0 Å². The Kier molecular flexibility index (Phi) is 5.29. The smallest absolute Gasteiger partial charge is 0.269 e. The number of nitrogens with zero attached hydrogens (tertiary/aromatic N) is 1. The van der Waals surface area contributed by atoms with Gasteiger partial charge in [0.05, 0.1) is 11.5 Å². The van der Waals surface area contributed by atoms with Gasteiger partial charge >= 0.3 is 0 Å². The van der Waals surface area contributed by atoms with Crippen molar-refractivity contribution >= 4 is 5.69 Å². The molecule has 0 saturated heterocycles. The number of hydrogen-bond acceptors (Lipinski definition) is 4. The zero-order chi connectivity index (χ0) is 15.1. The standard InChI is InChI=1S/C16H18N2O3/c17-10-8-14-2-1-3-16(12-14)21-11-9-13-4-6-15(7-5-13)18(19)20/h1-7,12H,8-11,17H2. The van der Waals surface area contributed by atoms with Crippen LogP contribution in [-0.2, 0) is 12.8 Å². The van der Waals surface area contributed by atoms with Crippen LogP contribution in [0.5, 0.6) is 5.75 Å². The summed E-state index contributed by atoms with van der Waals surface area (Å²) in [7, 11) is 0. The van der Waals surface area contributed by atoms with Crippen LogP contribution in [0.2, 0.25) is 0 Å². The van der Waals surface area contributed by atoms with Gasteiger partial charge < -0.3 is 10.5 Å². The maximum atomic E-state index is 10.6. The summed E-state index contributed by atoms with van der Waals surface area (Å²) < 4.78 is 5.70. The lowest BCUT2D eigenvalue weighted by Crippen LogP contribution is -2.04. The van der Waals surface area contributed by atoms with Crippen LogP contribution in [0.15, 0.2) is 48.5 Å². The van der Waals surface area contributed by atoms with Crippen molar-refractivity contribution < 1.29 is 9.66 Å². The van der Waals surface area contributed by atoms with E-state index in [4.69, 9.17) is 10.5 Å². The minimum absolute atomic E-state index is 0.106. The number of rotatable bonds is 7. The molecule has 0 aliphatic carbocycles. The lowest BCUT2D eigenvalue weighted by Gasteiger charge is -2.08. The van der Waals surface area contributed by atoms with Crippen LogP contribution in [0.4, 0.5) is 5.69 Å². The Morgan fingerprint density at radius 2 is 1.81 bits per heavy atom. The monoisotopic (exact) mass is 286 g/mol. The van der Waals surface area contributed by atoms with Crippen molar-refractivity contribution in [3.8, 4) is 5.75 Å². The number of hydrogen-bond donors (Lipinski definition) is 1. The van der Waals surface area contributed by atoms with Crippen molar-refractivity contribution in [3.63, 3.8) is 0 Å². The Bertz CT molecular complexity index is 597. The largest absolute Gasteiger partial charge is 0.493 e. The fourth-order valence-electron chi connectivity index (χ4n) is 2.03. The van der Waals surface area contributed by atoms with Gasteiger partial charge in [0.25, 0.3) is 5.69 Å². The highest BCUT2D eigenvalue weighted by atomic mass is 16.6.